The van der Waals surface area contributed by atoms with Gasteiger partial charge in [-0.25, -0.2) is 0 Å². The molecule has 1 saturated heterocycles. The van der Waals surface area contributed by atoms with Crippen LogP contribution in [-0.2, 0) is 9.47 Å². The fourth-order valence-corrected chi connectivity index (χ4v) is 1.71. The molecule has 0 amide bonds. The van der Waals surface area contributed by atoms with E-state index in [0.29, 0.717) is 0 Å². The summed E-state index contributed by atoms with van der Waals surface area (Å²) in [5.74, 6) is 0. The molecule has 1 heterocycles. The highest BCUT2D eigenvalue weighted by Gasteiger charge is 2.24. The number of hydrogen-bond donors (Lipinski definition) is 1. The lowest BCUT2D eigenvalue weighted by atomic mass is 10.1. The van der Waals surface area contributed by atoms with Gasteiger partial charge in [-0.15, -0.1) is 0 Å². The fraction of sp³-hybridized carbons (Fsp3) is 0.538. The Labute approximate surface area is 96.8 Å². The maximum Gasteiger partial charge on any atom is 0.105 e. The molecule has 1 N–H and O–H groups in total. The van der Waals surface area contributed by atoms with Crippen LogP contribution in [-0.4, -0.2) is 32.4 Å². The van der Waals surface area contributed by atoms with Crippen LogP contribution in [0, 0.1) is 0 Å². The molecule has 88 valence electrons. The molecule has 0 spiro atoms. The molecule has 0 radical (unpaired) electrons. The third-order valence-electron chi connectivity index (χ3n) is 2.72. The molecule has 0 saturated carbocycles. The van der Waals surface area contributed by atoms with E-state index in [2.05, 4.69) is 36.5 Å². The number of hydrogen-bond acceptors (Lipinski definition) is 3. The van der Waals surface area contributed by atoms with Crippen LogP contribution >= 0.6 is 0 Å². The van der Waals surface area contributed by atoms with Crippen molar-refractivity contribution in [2.45, 2.75) is 19.1 Å². The van der Waals surface area contributed by atoms with Gasteiger partial charge in [0.05, 0.1) is 19.3 Å². The van der Waals surface area contributed by atoms with Gasteiger partial charge in [0, 0.05) is 6.54 Å². The van der Waals surface area contributed by atoms with Crippen LogP contribution in [0.15, 0.2) is 30.3 Å². The monoisotopic (exact) mass is 221 g/mol. The zero-order valence-corrected chi connectivity index (χ0v) is 9.69. The van der Waals surface area contributed by atoms with E-state index < -0.39 is 0 Å². The SMILES string of the molecule is CCNCC(OC1COC1)c1ccccc1. The van der Waals surface area contributed by atoms with Gasteiger partial charge < -0.3 is 14.8 Å². The lowest BCUT2D eigenvalue weighted by Crippen LogP contribution is -2.39. The Kier molecular flexibility index (Phi) is 4.34. The van der Waals surface area contributed by atoms with Gasteiger partial charge in [0.25, 0.3) is 0 Å². The Balaban J connectivity index is 1.95. The topological polar surface area (TPSA) is 30.5 Å². The van der Waals surface area contributed by atoms with Crippen molar-refractivity contribution < 1.29 is 9.47 Å². The van der Waals surface area contributed by atoms with E-state index in [9.17, 15) is 0 Å². The second-order valence-electron chi connectivity index (χ2n) is 4.00. The van der Waals surface area contributed by atoms with E-state index in [0.717, 1.165) is 26.3 Å². The summed E-state index contributed by atoms with van der Waals surface area (Å²) in [5.41, 5.74) is 1.23. The number of benzene rings is 1. The molecule has 0 bridgehead atoms. The van der Waals surface area contributed by atoms with Crippen molar-refractivity contribution in [2.24, 2.45) is 0 Å². The van der Waals surface area contributed by atoms with Crippen molar-refractivity contribution in [2.75, 3.05) is 26.3 Å². The zero-order valence-electron chi connectivity index (χ0n) is 9.69. The first-order chi connectivity index (χ1) is 7.90. The number of likely N-dealkylation sites (N-methyl/N-ethyl adjacent to an activating group) is 1. The van der Waals surface area contributed by atoms with Crippen molar-refractivity contribution in [3.63, 3.8) is 0 Å². The van der Waals surface area contributed by atoms with Crippen LogP contribution in [0.25, 0.3) is 0 Å². The summed E-state index contributed by atoms with van der Waals surface area (Å²) >= 11 is 0. The summed E-state index contributed by atoms with van der Waals surface area (Å²) in [6.45, 7) is 5.39. The lowest BCUT2D eigenvalue weighted by Gasteiger charge is -2.31. The molecular formula is C13H19NO2. The third kappa shape index (κ3) is 3.04. The van der Waals surface area contributed by atoms with Gasteiger partial charge in [-0.05, 0) is 12.1 Å². The summed E-state index contributed by atoms with van der Waals surface area (Å²) in [5, 5.41) is 3.33. The first kappa shape index (κ1) is 11.6. The van der Waals surface area contributed by atoms with Crippen LogP contribution in [0.4, 0.5) is 0 Å². The Hall–Kier alpha value is -0.900. The van der Waals surface area contributed by atoms with Gasteiger partial charge >= 0.3 is 0 Å². The standard InChI is InChI=1S/C13H19NO2/c1-2-14-8-13(16-12-9-15-10-12)11-6-4-3-5-7-11/h3-7,12-14H,2,8-10H2,1H3. The molecule has 1 fully saturated rings. The Morgan fingerprint density at radius 1 is 1.38 bits per heavy atom. The zero-order chi connectivity index (χ0) is 11.2. The normalized spacial score (nSPS) is 18.1. The predicted molar refractivity (Wildman–Crippen MR) is 63.4 cm³/mol. The van der Waals surface area contributed by atoms with E-state index >= 15 is 0 Å². The van der Waals surface area contributed by atoms with Crippen molar-refractivity contribution >= 4 is 0 Å². The summed E-state index contributed by atoms with van der Waals surface area (Å²) in [4.78, 5) is 0. The Morgan fingerprint density at radius 3 is 2.69 bits per heavy atom. The Bertz CT molecular complexity index is 298. The second kappa shape index (κ2) is 5.99. The average Bonchev–Trinajstić information content (AvgIpc) is 2.28. The van der Waals surface area contributed by atoms with Crippen molar-refractivity contribution in [3.8, 4) is 0 Å². The molecule has 1 atom stereocenters. The number of nitrogens with one attached hydrogen (secondary N) is 1. The van der Waals surface area contributed by atoms with Crippen LogP contribution in [0.5, 0.6) is 0 Å². The van der Waals surface area contributed by atoms with Gasteiger partial charge in [-0.2, -0.15) is 0 Å². The van der Waals surface area contributed by atoms with E-state index in [1.54, 1.807) is 0 Å². The van der Waals surface area contributed by atoms with Gasteiger partial charge in [-0.3, -0.25) is 0 Å². The minimum Gasteiger partial charge on any atom is -0.376 e. The molecular weight excluding hydrogens is 202 g/mol. The fourth-order valence-electron chi connectivity index (χ4n) is 1.71. The maximum atomic E-state index is 5.99. The van der Waals surface area contributed by atoms with Crippen LogP contribution in [0.2, 0.25) is 0 Å². The van der Waals surface area contributed by atoms with E-state index in [1.807, 2.05) is 6.07 Å². The van der Waals surface area contributed by atoms with Crippen LogP contribution in [0.3, 0.4) is 0 Å². The second-order valence-corrected chi connectivity index (χ2v) is 4.00. The average molecular weight is 221 g/mol. The highest BCUT2D eigenvalue weighted by Crippen LogP contribution is 2.21. The first-order valence-electron chi connectivity index (χ1n) is 5.89. The molecule has 1 aromatic carbocycles. The molecule has 2 rings (SSSR count). The minimum atomic E-state index is 0.134. The predicted octanol–water partition coefficient (Wildman–Crippen LogP) is 1.75. The number of ether oxygens (including phenoxy) is 2. The molecule has 0 aliphatic carbocycles. The highest BCUT2D eigenvalue weighted by molar-refractivity contribution is 5.18. The lowest BCUT2D eigenvalue weighted by molar-refractivity contribution is -0.155. The molecule has 3 nitrogen and oxygen atoms in total. The smallest absolute Gasteiger partial charge is 0.105 e. The largest absolute Gasteiger partial charge is 0.376 e. The molecule has 1 aliphatic heterocycles. The van der Waals surface area contributed by atoms with Crippen molar-refractivity contribution in [3.05, 3.63) is 35.9 Å². The molecule has 1 aromatic rings. The van der Waals surface area contributed by atoms with Gasteiger partial charge in [0.2, 0.25) is 0 Å². The van der Waals surface area contributed by atoms with Gasteiger partial charge in [-0.1, -0.05) is 37.3 Å². The summed E-state index contributed by atoms with van der Waals surface area (Å²) < 4.78 is 11.1. The van der Waals surface area contributed by atoms with Gasteiger partial charge in [0.15, 0.2) is 0 Å². The van der Waals surface area contributed by atoms with Crippen LogP contribution < -0.4 is 5.32 Å². The first-order valence-corrected chi connectivity index (χ1v) is 5.89. The van der Waals surface area contributed by atoms with Crippen molar-refractivity contribution in [1.82, 2.24) is 5.32 Å². The maximum absolute atomic E-state index is 5.99. The summed E-state index contributed by atoms with van der Waals surface area (Å²) in [6.07, 6.45) is 0.402. The van der Waals surface area contributed by atoms with E-state index in [-0.39, 0.29) is 12.2 Å². The van der Waals surface area contributed by atoms with Crippen molar-refractivity contribution in [1.29, 1.82) is 0 Å². The van der Waals surface area contributed by atoms with Gasteiger partial charge in [0.1, 0.15) is 6.10 Å². The summed E-state index contributed by atoms with van der Waals surface area (Å²) in [6, 6.07) is 10.4. The number of rotatable bonds is 6. The third-order valence-corrected chi connectivity index (χ3v) is 2.72. The van der Waals surface area contributed by atoms with Crippen LogP contribution in [0.1, 0.15) is 18.6 Å². The summed E-state index contributed by atoms with van der Waals surface area (Å²) in [7, 11) is 0. The Morgan fingerprint density at radius 2 is 2.12 bits per heavy atom. The molecule has 3 heteroatoms. The molecule has 1 unspecified atom stereocenters. The van der Waals surface area contributed by atoms with E-state index in [4.69, 9.17) is 9.47 Å². The molecule has 0 aromatic heterocycles. The molecule has 16 heavy (non-hydrogen) atoms. The minimum absolute atomic E-state index is 0.134. The van der Waals surface area contributed by atoms with E-state index in [1.165, 1.54) is 5.56 Å². The molecule has 1 aliphatic rings. The highest BCUT2D eigenvalue weighted by atomic mass is 16.6. The quantitative estimate of drug-likeness (QED) is 0.794.